The summed E-state index contributed by atoms with van der Waals surface area (Å²) in [5, 5.41) is 2.63. The number of rotatable bonds is 5. The van der Waals surface area contributed by atoms with E-state index in [-0.39, 0.29) is 0 Å². The molecule has 0 saturated carbocycles. The van der Waals surface area contributed by atoms with Crippen LogP contribution in [-0.4, -0.2) is 0 Å². The van der Waals surface area contributed by atoms with Gasteiger partial charge in [0.15, 0.2) is 0 Å². The molecule has 0 spiro atoms. The van der Waals surface area contributed by atoms with Crippen molar-refractivity contribution < 1.29 is 0 Å². The third-order valence-corrected chi connectivity index (χ3v) is 9.44. The first-order valence-corrected chi connectivity index (χ1v) is 15.9. The lowest BCUT2D eigenvalue weighted by molar-refractivity contribution is 1.56. The predicted octanol–water partition coefficient (Wildman–Crippen LogP) is 12.8. The molecule has 0 amide bonds. The Morgan fingerprint density at radius 1 is 0.217 bits per heavy atom. The summed E-state index contributed by atoms with van der Waals surface area (Å²) < 4.78 is 0. The third-order valence-electron chi connectivity index (χ3n) is 9.44. The monoisotopic (exact) mass is 582 g/mol. The standard InChI is InChI=1S/C46H30/c1-5-14-31(15-6-1)32-24-26-35(27-25-32)41-30-42(34-18-9-3-10-19-34)45-39-23-13-22-38-37(33-16-7-2-8-17-33)28-29-40(44(38)39)46(45)43(41)36-20-11-4-12-21-36/h1-30H. The topological polar surface area (TPSA) is 0 Å². The fourth-order valence-corrected chi connectivity index (χ4v) is 7.38. The Labute approximate surface area is 269 Å². The van der Waals surface area contributed by atoms with Crippen molar-refractivity contribution in [2.24, 2.45) is 0 Å². The van der Waals surface area contributed by atoms with Gasteiger partial charge in [0.2, 0.25) is 0 Å². The second kappa shape index (κ2) is 10.9. The van der Waals surface area contributed by atoms with E-state index in [1.807, 2.05) is 0 Å². The van der Waals surface area contributed by atoms with Crippen LogP contribution in [0.1, 0.15) is 0 Å². The number of hydrogen-bond acceptors (Lipinski definition) is 0. The van der Waals surface area contributed by atoms with Gasteiger partial charge in [0.05, 0.1) is 0 Å². The van der Waals surface area contributed by atoms with E-state index in [0.717, 1.165) is 0 Å². The molecule has 0 heterocycles. The minimum atomic E-state index is 1.21. The van der Waals surface area contributed by atoms with E-state index in [9.17, 15) is 0 Å². The third kappa shape index (κ3) is 4.23. The van der Waals surface area contributed by atoms with Gasteiger partial charge in [-0.15, -0.1) is 0 Å². The minimum Gasteiger partial charge on any atom is -0.0622 e. The summed E-state index contributed by atoms with van der Waals surface area (Å²) in [4.78, 5) is 0. The smallest absolute Gasteiger partial charge is 0.000763 e. The molecule has 214 valence electrons. The van der Waals surface area contributed by atoms with Crippen molar-refractivity contribution in [1.82, 2.24) is 0 Å². The van der Waals surface area contributed by atoms with Gasteiger partial charge in [-0.1, -0.05) is 176 Å². The molecule has 9 rings (SSSR count). The highest BCUT2D eigenvalue weighted by molar-refractivity contribution is 6.24. The van der Waals surface area contributed by atoms with Crippen molar-refractivity contribution in [1.29, 1.82) is 0 Å². The zero-order valence-corrected chi connectivity index (χ0v) is 25.3. The highest BCUT2D eigenvalue weighted by Crippen LogP contribution is 2.58. The molecule has 0 radical (unpaired) electrons. The number of hydrogen-bond donors (Lipinski definition) is 0. The van der Waals surface area contributed by atoms with E-state index in [1.165, 1.54) is 88.7 Å². The van der Waals surface area contributed by atoms with Gasteiger partial charge in [-0.25, -0.2) is 0 Å². The quantitative estimate of drug-likeness (QED) is 0.189. The van der Waals surface area contributed by atoms with Crippen LogP contribution in [-0.2, 0) is 0 Å². The molecule has 1 aliphatic rings. The first kappa shape index (κ1) is 26.4. The summed E-state index contributed by atoms with van der Waals surface area (Å²) in [6.45, 7) is 0. The van der Waals surface area contributed by atoms with E-state index < -0.39 is 0 Å². The zero-order chi connectivity index (χ0) is 30.5. The van der Waals surface area contributed by atoms with E-state index in [2.05, 4.69) is 182 Å². The SMILES string of the molecule is c1ccc(-c2ccc(-c3cc(-c4ccccc4)c4c(c3-c3ccccc3)-c3ccc(-c5ccccc5)c5cccc-4c35)cc2)cc1. The molecule has 0 N–H and O–H groups in total. The van der Waals surface area contributed by atoms with Crippen molar-refractivity contribution >= 4 is 10.8 Å². The predicted molar refractivity (Wildman–Crippen MR) is 196 cm³/mol. The minimum absolute atomic E-state index is 1.21. The van der Waals surface area contributed by atoms with Crippen molar-refractivity contribution in [3.63, 3.8) is 0 Å². The van der Waals surface area contributed by atoms with Crippen LogP contribution in [0.15, 0.2) is 182 Å². The Morgan fingerprint density at radius 2 is 0.652 bits per heavy atom. The van der Waals surface area contributed by atoms with E-state index >= 15 is 0 Å². The molecule has 8 aromatic rings. The highest BCUT2D eigenvalue weighted by atomic mass is 14.3. The average molecular weight is 583 g/mol. The van der Waals surface area contributed by atoms with E-state index in [4.69, 9.17) is 0 Å². The molecule has 1 aliphatic carbocycles. The highest BCUT2D eigenvalue weighted by Gasteiger charge is 2.30. The summed E-state index contributed by atoms with van der Waals surface area (Å²) in [7, 11) is 0. The Balaban J connectivity index is 1.38. The van der Waals surface area contributed by atoms with Crippen LogP contribution >= 0.6 is 0 Å². The molecule has 0 nitrogen and oxygen atoms in total. The lowest BCUT2D eigenvalue weighted by atomic mass is 9.82. The molecular weight excluding hydrogens is 553 g/mol. The first-order chi connectivity index (χ1) is 22.8. The Hall–Kier alpha value is -5.98. The molecule has 0 heteroatoms. The van der Waals surface area contributed by atoms with Gasteiger partial charge in [0.1, 0.15) is 0 Å². The lowest BCUT2D eigenvalue weighted by Crippen LogP contribution is -1.94. The molecule has 8 aromatic carbocycles. The van der Waals surface area contributed by atoms with Gasteiger partial charge < -0.3 is 0 Å². The molecule has 0 aliphatic heterocycles. The molecular formula is C46H30. The largest absolute Gasteiger partial charge is 0.0622 e. The van der Waals surface area contributed by atoms with Crippen LogP contribution in [0.25, 0.3) is 88.7 Å². The van der Waals surface area contributed by atoms with Crippen molar-refractivity contribution in [3.05, 3.63) is 182 Å². The molecule has 0 fully saturated rings. The Kier molecular flexibility index (Phi) is 6.25. The van der Waals surface area contributed by atoms with E-state index in [1.54, 1.807) is 0 Å². The summed E-state index contributed by atoms with van der Waals surface area (Å²) in [6.07, 6.45) is 0. The Bertz CT molecular complexity index is 2350. The fraction of sp³-hybridized carbons (Fsp3) is 0. The molecule has 0 atom stereocenters. The number of benzene rings is 8. The molecule has 0 aromatic heterocycles. The van der Waals surface area contributed by atoms with Gasteiger partial charge >= 0.3 is 0 Å². The van der Waals surface area contributed by atoms with Crippen molar-refractivity contribution in [2.45, 2.75) is 0 Å². The summed E-state index contributed by atoms with van der Waals surface area (Å²) in [6, 6.07) is 66.3. The maximum Gasteiger partial charge on any atom is -0.000763 e. The second-order valence-electron chi connectivity index (χ2n) is 12.0. The second-order valence-corrected chi connectivity index (χ2v) is 12.0. The van der Waals surface area contributed by atoms with Gasteiger partial charge in [-0.2, -0.15) is 0 Å². The summed E-state index contributed by atoms with van der Waals surface area (Å²) in [5.41, 5.74) is 17.7. The normalized spacial score (nSPS) is 11.5. The van der Waals surface area contributed by atoms with Crippen LogP contribution in [0.2, 0.25) is 0 Å². The van der Waals surface area contributed by atoms with Gasteiger partial charge in [0.25, 0.3) is 0 Å². The maximum atomic E-state index is 2.44. The summed E-state index contributed by atoms with van der Waals surface area (Å²) >= 11 is 0. The van der Waals surface area contributed by atoms with Crippen LogP contribution < -0.4 is 0 Å². The van der Waals surface area contributed by atoms with Crippen LogP contribution in [0, 0.1) is 0 Å². The number of fused-ring (bicyclic) bond motifs is 3. The van der Waals surface area contributed by atoms with Crippen LogP contribution in [0.5, 0.6) is 0 Å². The molecule has 0 bridgehead atoms. The van der Waals surface area contributed by atoms with Crippen molar-refractivity contribution in [2.75, 3.05) is 0 Å². The zero-order valence-electron chi connectivity index (χ0n) is 25.3. The first-order valence-electron chi connectivity index (χ1n) is 15.9. The molecule has 0 unspecified atom stereocenters. The fourth-order valence-electron chi connectivity index (χ4n) is 7.38. The molecule has 46 heavy (non-hydrogen) atoms. The van der Waals surface area contributed by atoms with Crippen LogP contribution in [0.3, 0.4) is 0 Å². The average Bonchev–Trinajstić information content (AvgIpc) is 3.48. The maximum absolute atomic E-state index is 2.44. The molecule has 0 saturated heterocycles. The van der Waals surface area contributed by atoms with E-state index in [0.29, 0.717) is 0 Å². The van der Waals surface area contributed by atoms with Gasteiger partial charge in [-0.3, -0.25) is 0 Å². The van der Waals surface area contributed by atoms with Crippen molar-refractivity contribution in [3.8, 4) is 77.9 Å². The van der Waals surface area contributed by atoms with Gasteiger partial charge in [0, 0.05) is 0 Å². The van der Waals surface area contributed by atoms with Gasteiger partial charge in [-0.05, 0) is 94.7 Å². The Morgan fingerprint density at radius 3 is 1.28 bits per heavy atom. The summed E-state index contributed by atoms with van der Waals surface area (Å²) in [5.74, 6) is 0. The lowest BCUT2D eigenvalue weighted by Gasteiger charge is -2.21. The van der Waals surface area contributed by atoms with Crippen LogP contribution in [0.4, 0.5) is 0 Å².